The Kier molecular flexibility index (Phi) is 4.74. The average Bonchev–Trinajstić information content (AvgIpc) is 3.50. The van der Waals surface area contributed by atoms with Crippen molar-refractivity contribution in [2.75, 3.05) is 0 Å². The number of rotatable bonds is 4. The van der Waals surface area contributed by atoms with Gasteiger partial charge in [0.2, 0.25) is 0 Å². The average molecular weight is 477 g/mol. The van der Waals surface area contributed by atoms with Crippen LogP contribution in [0.15, 0.2) is 54.6 Å². The molecule has 1 aromatic heterocycles. The number of halogens is 1. The molecule has 35 heavy (non-hydrogen) atoms. The van der Waals surface area contributed by atoms with Gasteiger partial charge in [0, 0.05) is 15.8 Å². The Bertz CT molecular complexity index is 1760. The van der Waals surface area contributed by atoms with E-state index in [1.165, 1.54) is 0 Å². The molecule has 0 radical (unpaired) electrons. The predicted molar refractivity (Wildman–Crippen MR) is 134 cm³/mol. The van der Waals surface area contributed by atoms with Gasteiger partial charge in [0.15, 0.2) is 0 Å². The number of imidazole rings is 1. The van der Waals surface area contributed by atoms with Crippen molar-refractivity contribution in [1.29, 1.82) is 10.5 Å². The first-order valence-corrected chi connectivity index (χ1v) is 11.6. The number of H-pyrrole nitrogens is 1. The van der Waals surface area contributed by atoms with Crippen molar-refractivity contribution in [3.8, 4) is 23.5 Å². The minimum Gasteiger partial charge on any atom is -0.481 e. The normalized spacial score (nSPS) is 16.9. The van der Waals surface area contributed by atoms with Crippen molar-refractivity contribution < 1.29 is 9.90 Å². The van der Waals surface area contributed by atoms with Crippen LogP contribution in [-0.4, -0.2) is 21.0 Å². The number of hydrogen-bond acceptors (Lipinski definition) is 4. The van der Waals surface area contributed by atoms with Crippen LogP contribution >= 0.6 is 11.6 Å². The zero-order valence-electron chi connectivity index (χ0n) is 18.3. The minimum absolute atomic E-state index is 0.161. The summed E-state index contributed by atoms with van der Waals surface area (Å²) in [5.41, 5.74) is 3.85. The van der Waals surface area contributed by atoms with E-state index in [0.29, 0.717) is 40.4 Å². The first kappa shape index (κ1) is 21.2. The summed E-state index contributed by atoms with van der Waals surface area (Å²) in [6, 6.07) is 21.2. The van der Waals surface area contributed by atoms with Gasteiger partial charge in [-0.25, -0.2) is 4.98 Å². The molecular formula is C28H17ClN4O2. The van der Waals surface area contributed by atoms with Gasteiger partial charge in [0.05, 0.1) is 45.8 Å². The number of nitriles is 2. The van der Waals surface area contributed by atoms with Crippen LogP contribution in [0, 0.1) is 34.5 Å². The van der Waals surface area contributed by atoms with Crippen molar-refractivity contribution in [2.45, 2.75) is 12.8 Å². The van der Waals surface area contributed by atoms with Gasteiger partial charge < -0.3 is 10.1 Å². The van der Waals surface area contributed by atoms with Gasteiger partial charge in [-0.15, -0.1) is 0 Å². The highest BCUT2D eigenvalue weighted by molar-refractivity contribution is 6.33. The number of carboxylic acids is 1. The molecule has 5 aromatic rings. The van der Waals surface area contributed by atoms with Crippen LogP contribution in [0.2, 0.25) is 5.02 Å². The summed E-state index contributed by atoms with van der Waals surface area (Å²) in [4.78, 5) is 19.5. The van der Waals surface area contributed by atoms with Crippen molar-refractivity contribution in [1.82, 2.24) is 9.97 Å². The highest BCUT2D eigenvalue weighted by Crippen LogP contribution is 2.43. The summed E-state index contributed by atoms with van der Waals surface area (Å²) in [5.74, 6) is -0.365. The van der Waals surface area contributed by atoms with Gasteiger partial charge >= 0.3 is 5.97 Å². The van der Waals surface area contributed by atoms with E-state index >= 15 is 0 Å². The second-order valence-corrected chi connectivity index (χ2v) is 9.41. The molecule has 1 heterocycles. The molecule has 168 valence electrons. The number of aromatic nitrogens is 2. The van der Waals surface area contributed by atoms with Crippen LogP contribution in [0.3, 0.4) is 0 Å². The third kappa shape index (κ3) is 3.39. The van der Waals surface area contributed by atoms with E-state index in [-0.39, 0.29) is 11.8 Å². The first-order chi connectivity index (χ1) is 17.0. The van der Waals surface area contributed by atoms with Gasteiger partial charge in [-0.05, 0) is 59.4 Å². The molecule has 2 N–H and O–H groups in total. The molecule has 6 rings (SSSR count). The Hall–Kier alpha value is -4.39. The van der Waals surface area contributed by atoms with Crippen LogP contribution in [0.25, 0.3) is 44.0 Å². The van der Waals surface area contributed by atoms with Crippen molar-refractivity contribution >= 4 is 50.1 Å². The Morgan fingerprint density at radius 2 is 1.74 bits per heavy atom. The number of carboxylic acid groups (broad SMARTS) is 1. The lowest BCUT2D eigenvalue weighted by atomic mass is 9.96. The van der Waals surface area contributed by atoms with Crippen LogP contribution in [0.4, 0.5) is 0 Å². The number of aliphatic carboxylic acids is 1. The Labute approximate surface area is 205 Å². The van der Waals surface area contributed by atoms with E-state index in [4.69, 9.17) is 16.6 Å². The van der Waals surface area contributed by atoms with E-state index in [1.807, 2.05) is 30.3 Å². The molecule has 0 spiro atoms. The fraction of sp³-hybridized carbons (Fsp3) is 0.143. The first-order valence-electron chi connectivity index (χ1n) is 11.2. The van der Waals surface area contributed by atoms with E-state index < -0.39 is 5.97 Å². The van der Waals surface area contributed by atoms with Crippen molar-refractivity contribution in [2.24, 2.45) is 11.8 Å². The highest BCUT2D eigenvalue weighted by atomic mass is 35.5. The Morgan fingerprint density at radius 1 is 1.03 bits per heavy atom. The summed E-state index contributed by atoms with van der Waals surface area (Å²) in [5, 5.41) is 33.0. The van der Waals surface area contributed by atoms with E-state index in [2.05, 4.69) is 23.2 Å². The quantitative estimate of drug-likeness (QED) is 0.300. The zero-order valence-corrected chi connectivity index (χ0v) is 19.1. The van der Waals surface area contributed by atoms with Gasteiger partial charge in [-0.2, -0.15) is 10.5 Å². The number of nitrogens with zero attached hydrogens (tertiary/aromatic N) is 3. The monoisotopic (exact) mass is 476 g/mol. The van der Waals surface area contributed by atoms with Gasteiger partial charge in [-0.1, -0.05) is 41.9 Å². The van der Waals surface area contributed by atoms with E-state index in [9.17, 15) is 20.4 Å². The van der Waals surface area contributed by atoms with Gasteiger partial charge in [0.1, 0.15) is 5.82 Å². The second-order valence-electron chi connectivity index (χ2n) is 8.98. The van der Waals surface area contributed by atoms with Gasteiger partial charge in [0.25, 0.3) is 0 Å². The van der Waals surface area contributed by atoms with Crippen LogP contribution in [0.1, 0.15) is 23.1 Å². The molecule has 0 bridgehead atoms. The molecular weight excluding hydrogens is 460 g/mol. The number of hydrogen-bond donors (Lipinski definition) is 2. The largest absolute Gasteiger partial charge is 0.481 e. The van der Waals surface area contributed by atoms with Crippen LogP contribution in [-0.2, 0) is 11.2 Å². The van der Waals surface area contributed by atoms with Crippen molar-refractivity contribution in [3.05, 3.63) is 76.3 Å². The maximum Gasteiger partial charge on any atom is 0.306 e. The lowest BCUT2D eigenvalue weighted by Crippen LogP contribution is -2.01. The van der Waals surface area contributed by atoms with Gasteiger partial charge in [-0.3, -0.25) is 4.79 Å². The molecule has 2 unspecified atom stereocenters. The molecule has 2 atom stereocenters. The standard InChI is InChI=1S/C28H17ClN4O2/c29-18-5-7-20-23(11-18)22-9-14(8-17-10-21(17)28(34)35)4-6-19(22)25-26(20)33-27(32-25)24-15(12-30)2-1-3-16(24)13-31/h1-7,9,11,17,21H,8,10H2,(H,32,33)(H,34,35). The third-order valence-electron chi connectivity index (χ3n) is 6.86. The SMILES string of the molecule is N#Cc1cccc(C#N)c1-c1nc2c3ccc(Cl)cc3c3cc(CC4CC4C(=O)O)ccc3c2[nH]1. The molecule has 1 fully saturated rings. The molecule has 0 amide bonds. The summed E-state index contributed by atoms with van der Waals surface area (Å²) in [7, 11) is 0. The lowest BCUT2D eigenvalue weighted by molar-refractivity contribution is -0.138. The molecule has 0 aliphatic heterocycles. The second kappa shape index (κ2) is 7.84. The minimum atomic E-state index is -0.728. The molecule has 1 aliphatic rings. The number of aromatic amines is 1. The van der Waals surface area contributed by atoms with E-state index in [1.54, 1.807) is 18.2 Å². The van der Waals surface area contributed by atoms with Crippen LogP contribution < -0.4 is 0 Å². The molecule has 0 saturated heterocycles. The zero-order chi connectivity index (χ0) is 24.3. The summed E-state index contributed by atoms with van der Waals surface area (Å²) >= 11 is 6.37. The summed E-state index contributed by atoms with van der Waals surface area (Å²) < 4.78 is 0. The molecule has 1 saturated carbocycles. The Balaban J connectivity index is 1.61. The molecule has 6 nitrogen and oxygen atoms in total. The Morgan fingerprint density at radius 3 is 2.43 bits per heavy atom. The molecule has 4 aromatic carbocycles. The number of benzene rings is 4. The smallest absolute Gasteiger partial charge is 0.306 e. The molecule has 7 heteroatoms. The van der Waals surface area contributed by atoms with Crippen molar-refractivity contribution in [3.63, 3.8) is 0 Å². The summed E-state index contributed by atoms with van der Waals surface area (Å²) in [6.07, 6.45) is 1.42. The maximum absolute atomic E-state index is 11.3. The topological polar surface area (TPSA) is 114 Å². The fourth-order valence-corrected chi connectivity index (χ4v) is 5.23. The third-order valence-corrected chi connectivity index (χ3v) is 7.10. The number of fused-ring (bicyclic) bond motifs is 6. The molecule has 1 aliphatic carbocycles. The predicted octanol–water partition coefficient (Wildman–Crippen LogP) is 6.20. The summed E-state index contributed by atoms with van der Waals surface area (Å²) in [6.45, 7) is 0. The lowest BCUT2D eigenvalue weighted by Gasteiger charge is -2.09. The highest BCUT2D eigenvalue weighted by Gasteiger charge is 2.42. The maximum atomic E-state index is 11.3. The fourth-order valence-electron chi connectivity index (χ4n) is 5.06. The number of carbonyl (C=O) groups is 1. The van der Waals surface area contributed by atoms with Crippen LogP contribution in [0.5, 0.6) is 0 Å². The van der Waals surface area contributed by atoms with E-state index in [0.717, 1.165) is 38.1 Å². The number of nitrogens with one attached hydrogen (secondary N) is 1.